The second kappa shape index (κ2) is 8.80. The van der Waals surface area contributed by atoms with E-state index in [1.165, 1.54) is 5.56 Å². The Balaban J connectivity index is 1.32. The first-order chi connectivity index (χ1) is 16.1. The summed E-state index contributed by atoms with van der Waals surface area (Å²) in [7, 11) is 0. The summed E-state index contributed by atoms with van der Waals surface area (Å²) in [5.74, 6) is 0.463. The third-order valence-corrected chi connectivity index (χ3v) is 6.31. The van der Waals surface area contributed by atoms with Gasteiger partial charge in [0.05, 0.1) is 23.1 Å². The molecule has 2 aromatic carbocycles. The molecule has 0 bridgehead atoms. The number of hydrogen-bond acceptors (Lipinski definition) is 5. The Bertz CT molecular complexity index is 1420. The predicted octanol–water partition coefficient (Wildman–Crippen LogP) is 5.93. The van der Waals surface area contributed by atoms with E-state index in [1.54, 1.807) is 28.4 Å². The van der Waals surface area contributed by atoms with Crippen molar-refractivity contribution in [2.24, 2.45) is 0 Å². The van der Waals surface area contributed by atoms with Crippen molar-refractivity contribution in [3.05, 3.63) is 101 Å². The molecular weight excluding hydrogens is 430 g/mol. The first-order valence-electron chi connectivity index (χ1n) is 10.5. The monoisotopic (exact) mass is 451 g/mol. The lowest BCUT2D eigenvalue weighted by molar-refractivity contribution is 0.102. The van der Waals surface area contributed by atoms with E-state index in [4.69, 9.17) is 4.98 Å². The van der Waals surface area contributed by atoms with Crippen LogP contribution in [0.3, 0.4) is 0 Å². The molecule has 0 aliphatic carbocycles. The molecule has 0 unspecified atom stereocenters. The molecule has 33 heavy (non-hydrogen) atoms. The number of benzene rings is 2. The fourth-order valence-electron chi connectivity index (χ4n) is 3.61. The Hall–Kier alpha value is -4.10. The highest BCUT2D eigenvalue weighted by atomic mass is 32.1. The highest BCUT2D eigenvalue weighted by Crippen LogP contribution is 2.31. The zero-order valence-electron chi connectivity index (χ0n) is 18.2. The molecule has 1 amide bonds. The summed E-state index contributed by atoms with van der Waals surface area (Å²) < 4.78 is 1.66. The molecule has 0 aliphatic heterocycles. The van der Waals surface area contributed by atoms with Crippen molar-refractivity contribution < 1.29 is 4.79 Å². The van der Waals surface area contributed by atoms with E-state index < -0.39 is 0 Å². The van der Waals surface area contributed by atoms with Gasteiger partial charge < -0.3 is 5.32 Å². The molecular formula is C26H21N5OS. The average molecular weight is 452 g/mol. The molecule has 0 saturated heterocycles. The second-order valence-corrected chi connectivity index (χ2v) is 8.49. The number of anilines is 1. The number of thiazole rings is 1. The zero-order valence-corrected chi connectivity index (χ0v) is 19.0. The van der Waals surface area contributed by atoms with Gasteiger partial charge in [0.1, 0.15) is 5.01 Å². The maximum atomic E-state index is 12.8. The van der Waals surface area contributed by atoms with E-state index in [0.29, 0.717) is 17.1 Å². The van der Waals surface area contributed by atoms with E-state index >= 15 is 0 Å². The Morgan fingerprint density at radius 3 is 2.52 bits per heavy atom. The maximum Gasteiger partial charge on any atom is 0.259 e. The highest BCUT2D eigenvalue weighted by molar-refractivity contribution is 7.13. The van der Waals surface area contributed by atoms with Crippen molar-refractivity contribution in [2.75, 3.05) is 5.32 Å². The molecule has 162 valence electrons. The molecule has 5 aromatic rings. The molecule has 0 fully saturated rings. The van der Waals surface area contributed by atoms with Crippen LogP contribution in [0, 0.1) is 13.8 Å². The Morgan fingerprint density at radius 2 is 1.76 bits per heavy atom. The van der Waals surface area contributed by atoms with Crippen LogP contribution in [-0.2, 0) is 0 Å². The lowest BCUT2D eigenvalue weighted by Gasteiger charge is -2.07. The largest absolute Gasteiger partial charge is 0.322 e. The van der Waals surface area contributed by atoms with E-state index in [2.05, 4.69) is 39.8 Å². The van der Waals surface area contributed by atoms with Gasteiger partial charge in [0.25, 0.3) is 5.91 Å². The fraction of sp³-hybridized carbons (Fsp3) is 0.0769. The molecule has 0 spiro atoms. The summed E-state index contributed by atoms with van der Waals surface area (Å²) in [6.45, 7) is 3.95. The number of nitrogens with zero attached hydrogens (tertiary/aromatic N) is 4. The normalized spacial score (nSPS) is 10.8. The summed E-state index contributed by atoms with van der Waals surface area (Å²) in [5, 5.41) is 10.3. The molecule has 3 heterocycles. The van der Waals surface area contributed by atoms with Crippen LogP contribution < -0.4 is 5.32 Å². The smallest absolute Gasteiger partial charge is 0.259 e. The van der Waals surface area contributed by atoms with Gasteiger partial charge in [0.2, 0.25) is 0 Å². The number of amides is 1. The molecule has 0 saturated carbocycles. The quantitative estimate of drug-likeness (QED) is 0.360. The summed E-state index contributed by atoms with van der Waals surface area (Å²) in [6, 6.07) is 21.5. The summed E-state index contributed by atoms with van der Waals surface area (Å²) >= 11 is 1.63. The van der Waals surface area contributed by atoms with Crippen LogP contribution in [0.5, 0.6) is 0 Å². The van der Waals surface area contributed by atoms with Crippen LogP contribution in [0.1, 0.15) is 21.6 Å². The van der Waals surface area contributed by atoms with E-state index in [-0.39, 0.29) is 5.91 Å². The van der Waals surface area contributed by atoms with Crippen molar-refractivity contribution >= 4 is 22.9 Å². The zero-order chi connectivity index (χ0) is 22.8. The van der Waals surface area contributed by atoms with Crippen LogP contribution in [0.4, 0.5) is 5.69 Å². The van der Waals surface area contributed by atoms with Crippen molar-refractivity contribution in [2.45, 2.75) is 13.8 Å². The molecule has 5 rings (SSSR count). The van der Waals surface area contributed by atoms with Crippen LogP contribution in [0.2, 0.25) is 0 Å². The van der Waals surface area contributed by atoms with Gasteiger partial charge in [-0.2, -0.15) is 5.10 Å². The van der Waals surface area contributed by atoms with Crippen LogP contribution in [-0.4, -0.2) is 25.7 Å². The molecule has 6 nitrogen and oxygen atoms in total. The van der Waals surface area contributed by atoms with E-state index in [1.807, 2.05) is 61.5 Å². The predicted molar refractivity (Wildman–Crippen MR) is 132 cm³/mol. The third-order valence-electron chi connectivity index (χ3n) is 5.44. The lowest BCUT2D eigenvalue weighted by atomic mass is 10.1. The van der Waals surface area contributed by atoms with Crippen molar-refractivity contribution in [1.29, 1.82) is 0 Å². The molecule has 0 atom stereocenters. The number of carbonyl (C=O) groups excluding carboxylic acids is 1. The summed E-state index contributed by atoms with van der Waals surface area (Å²) in [4.78, 5) is 21.9. The van der Waals surface area contributed by atoms with Crippen molar-refractivity contribution in [3.8, 4) is 27.6 Å². The molecule has 7 heteroatoms. The molecule has 1 N–H and O–H groups in total. The number of carbonyl (C=O) groups is 1. The summed E-state index contributed by atoms with van der Waals surface area (Å²) in [5.41, 5.74) is 6.23. The number of nitrogens with one attached hydrogen (secondary N) is 1. The molecule has 3 aromatic heterocycles. The highest BCUT2D eigenvalue weighted by Gasteiger charge is 2.16. The number of aryl methyl sites for hydroxylation is 1. The van der Waals surface area contributed by atoms with E-state index in [0.717, 1.165) is 27.5 Å². The fourth-order valence-corrected chi connectivity index (χ4v) is 4.53. The number of rotatable bonds is 5. The minimum atomic E-state index is -0.210. The van der Waals surface area contributed by atoms with Gasteiger partial charge in [-0.05, 0) is 43.7 Å². The topological polar surface area (TPSA) is 72.7 Å². The SMILES string of the molecule is Cc1ccccc1-c1nc(-c2ccc(NC(=O)c3cnn(-c4ccccn4)c3C)cc2)cs1. The number of aromatic nitrogens is 4. The van der Waals surface area contributed by atoms with Crippen LogP contribution >= 0.6 is 11.3 Å². The second-order valence-electron chi connectivity index (χ2n) is 7.63. The third kappa shape index (κ3) is 4.18. The first-order valence-corrected chi connectivity index (χ1v) is 11.4. The minimum absolute atomic E-state index is 0.210. The average Bonchev–Trinajstić information content (AvgIpc) is 3.48. The Labute approximate surface area is 195 Å². The Kier molecular flexibility index (Phi) is 5.54. The van der Waals surface area contributed by atoms with E-state index in [9.17, 15) is 4.79 Å². The number of pyridine rings is 1. The van der Waals surface area contributed by atoms with Gasteiger partial charge in [-0.25, -0.2) is 14.6 Å². The van der Waals surface area contributed by atoms with Gasteiger partial charge in [-0.1, -0.05) is 42.5 Å². The molecule has 0 aliphatic rings. The van der Waals surface area contributed by atoms with Crippen molar-refractivity contribution in [3.63, 3.8) is 0 Å². The van der Waals surface area contributed by atoms with Crippen LogP contribution in [0.15, 0.2) is 84.5 Å². The lowest BCUT2D eigenvalue weighted by Crippen LogP contribution is -2.13. The summed E-state index contributed by atoms with van der Waals surface area (Å²) in [6.07, 6.45) is 3.26. The first kappa shape index (κ1) is 20.8. The minimum Gasteiger partial charge on any atom is -0.322 e. The maximum absolute atomic E-state index is 12.8. The molecule has 0 radical (unpaired) electrons. The van der Waals surface area contributed by atoms with Crippen molar-refractivity contribution in [1.82, 2.24) is 19.7 Å². The number of hydrogen-bond donors (Lipinski definition) is 1. The van der Waals surface area contributed by atoms with Gasteiger partial charge in [0.15, 0.2) is 5.82 Å². The van der Waals surface area contributed by atoms with Gasteiger partial charge >= 0.3 is 0 Å². The standard InChI is InChI=1S/C26H21N5OS/c1-17-7-3-4-8-21(17)26-30-23(16-33-26)19-10-12-20(13-11-19)29-25(32)22-15-28-31(18(22)2)24-9-5-6-14-27-24/h3-16H,1-2H3,(H,29,32). The van der Waals surface area contributed by atoms with Gasteiger partial charge in [-0.15, -0.1) is 11.3 Å². The van der Waals surface area contributed by atoms with Gasteiger partial charge in [-0.3, -0.25) is 4.79 Å². The van der Waals surface area contributed by atoms with Crippen LogP contribution in [0.25, 0.3) is 27.6 Å². The Morgan fingerprint density at radius 1 is 0.970 bits per heavy atom. The van der Waals surface area contributed by atoms with Gasteiger partial charge in [0, 0.05) is 28.4 Å².